The van der Waals surface area contributed by atoms with E-state index in [0.29, 0.717) is 9.93 Å². The molecule has 1 unspecified atom stereocenters. The SMILES string of the molecule is Cc1cc(Cl)ccc1NC1NC(=O)/C(=C/c2c3ccccc3cc3ccccc23)S1. The molecule has 4 aromatic carbocycles. The van der Waals surface area contributed by atoms with Crippen molar-refractivity contribution in [1.82, 2.24) is 5.32 Å². The standard InChI is InChI=1S/C25H19ClN2OS/c1-15-12-18(26)10-11-22(15)27-25-28-24(29)23(30-25)14-21-19-8-4-2-6-16(19)13-17-7-3-5-9-20(17)21/h2-14,25,27H,1H3,(H,28,29)/b23-14-. The number of aryl methyl sites for hydroxylation is 1. The van der Waals surface area contributed by atoms with E-state index in [9.17, 15) is 4.79 Å². The lowest BCUT2D eigenvalue weighted by Gasteiger charge is -2.15. The highest BCUT2D eigenvalue weighted by molar-refractivity contribution is 8.05. The van der Waals surface area contributed by atoms with Crippen LogP contribution in [0.2, 0.25) is 5.02 Å². The summed E-state index contributed by atoms with van der Waals surface area (Å²) in [6.45, 7) is 1.99. The van der Waals surface area contributed by atoms with E-state index in [0.717, 1.165) is 38.4 Å². The Morgan fingerprint density at radius 2 is 1.63 bits per heavy atom. The predicted molar refractivity (Wildman–Crippen MR) is 129 cm³/mol. The van der Waals surface area contributed by atoms with E-state index in [4.69, 9.17) is 11.6 Å². The molecule has 1 amide bonds. The van der Waals surface area contributed by atoms with Gasteiger partial charge in [0.1, 0.15) is 0 Å². The molecule has 1 fully saturated rings. The van der Waals surface area contributed by atoms with Gasteiger partial charge in [0.15, 0.2) is 5.50 Å². The van der Waals surface area contributed by atoms with Gasteiger partial charge < -0.3 is 10.6 Å². The third-order valence-corrected chi connectivity index (χ3v) is 6.56. The number of thioether (sulfide) groups is 1. The van der Waals surface area contributed by atoms with Gasteiger partial charge in [-0.05, 0) is 69.9 Å². The molecule has 3 nitrogen and oxygen atoms in total. The predicted octanol–water partition coefficient (Wildman–Crippen LogP) is 6.55. The average Bonchev–Trinajstić information content (AvgIpc) is 3.09. The van der Waals surface area contributed by atoms with Gasteiger partial charge in [-0.25, -0.2) is 0 Å². The molecule has 0 bridgehead atoms. The lowest BCUT2D eigenvalue weighted by Crippen LogP contribution is -2.31. The fourth-order valence-corrected chi connectivity index (χ4v) is 5.02. The van der Waals surface area contributed by atoms with E-state index in [1.807, 2.05) is 55.5 Å². The van der Waals surface area contributed by atoms with E-state index < -0.39 is 0 Å². The minimum absolute atomic E-state index is 0.0684. The molecule has 1 saturated heterocycles. The van der Waals surface area contributed by atoms with E-state index >= 15 is 0 Å². The topological polar surface area (TPSA) is 41.1 Å². The first-order chi connectivity index (χ1) is 14.6. The van der Waals surface area contributed by atoms with E-state index in [1.54, 1.807) is 0 Å². The number of anilines is 1. The van der Waals surface area contributed by atoms with Crippen LogP contribution >= 0.6 is 23.4 Å². The number of hydrogen-bond donors (Lipinski definition) is 2. The van der Waals surface area contributed by atoms with Gasteiger partial charge in [-0.15, -0.1) is 0 Å². The molecule has 0 saturated carbocycles. The summed E-state index contributed by atoms with van der Waals surface area (Å²) in [6, 6.07) is 24.5. The molecule has 0 aromatic heterocycles. The summed E-state index contributed by atoms with van der Waals surface area (Å²) >= 11 is 7.55. The van der Waals surface area contributed by atoms with Crippen LogP contribution in [0.1, 0.15) is 11.1 Å². The summed E-state index contributed by atoms with van der Waals surface area (Å²) < 4.78 is 0. The van der Waals surface area contributed by atoms with Crippen molar-refractivity contribution in [2.45, 2.75) is 12.4 Å². The Balaban J connectivity index is 1.53. The summed E-state index contributed by atoms with van der Waals surface area (Å²) in [5, 5.41) is 11.7. The lowest BCUT2D eigenvalue weighted by molar-refractivity contribution is -0.116. The minimum atomic E-state index is -0.232. The zero-order chi connectivity index (χ0) is 20.7. The van der Waals surface area contributed by atoms with Crippen LogP contribution in [0.25, 0.3) is 27.6 Å². The largest absolute Gasteiger partial charge is 0.356 e. The van der Waals surface area contributed by atoms with Crippen LogP contribution in [-0.4, -0.2) is 11.4 Å². The maximum Gasteiger partial charge on any atom is 0.260 e. The monoisotopic (exact) mass is 430 g/mol. The number of benzene rings is 4. The Kier molecular flexibility index (Phi) is 4.89. The van der Waals surface area contributed by atoms with E-state index in [-0.39, 0.29) is 11.4 Å². The summed E-state index contributed by atoms with van der Waals surface area (Å²) in [7, 11) is 0. The first kappa shape index (κ1) is 19.0. The number of nitrogens with one attached hydrogen (secondary N) is 2. The maximum absolute atomic E-state index is 12.7. The number of carbonyl (C=O) groups is 1. The van der Waals surface area contributed by atoms with Gasteiger partial charge in [0, 0.05) is 10.7 Å². The van der Waals surface area contributed by atoms with Crippen LogP contribution in [0.15, 0.2) is 77.7 Å². The Morgan fingerprint density at radius 3 is 2.30 bits per heavy atom. The van der Waals surface area contributed by atoms with Crippen LogP contribution in [0.3, 0.4) is 0 Å². The van der Waals surface area contributed by atoms with Crippen molar-refractivity contribution in [3.63, 3.8) is 0 Å². The number of hydrogen-bond acceptors (Lipinski definition) is 3. The molecular weight excluding hydrogens is 412 g/mol. The number of halogens is 1. The quantitative estimate of drug-likeness (QED) is 0.286. The lowest BCUT2D eigenvalue weighted by atomic mass is 9.96. The van der Waals surface area contributed by atoms with Gasteiger partial charge in [-0.3, -0.25) is 4.79 Å². The minimum Gasteiger partial charge on any atom is -0.356 e. The molecule has 2 N–H and O–H groups in total. The van der Waals surface area contributed by atoms with Crippen molar-refractivity contribution in [2.75, 3.05) is 5.32 Å². The summed E-state index contributed by atoms with van der Waals surface area (Å²) in [6.07, 6.45) is 2.01. The van der Waals surface area contributed by atoms with Crippen LogP contribution in [0, 0.1) is 6.92 Å². The molecule has 1 heterocycles. The zero-order valence-electron chi connectivity index (χ0n) is 16.3. The van der Waals surface area contributed by atoms with Gasteiger partial charge in [0.25, 0.3) is 5.91 Å². The molecule has 1 atom stereocenters. The van der Waals surface area contributed by atoms with Gasteiger partial charge in [-0.1, -0.05) is 71.9 Å². The average molecular weight is 431 g/mol. The van der Waals surface area contributed by atoms with Gasteiger partial charge >= 0.3 is 0 Å². The fraction of sp³-hybridized carbons (Fsp3) is 0.0800. The molecule has 30 heavy (non-hydrogen) atoms. The molecule has 1 aliphatic rings. The molecule has 5 rings (SSSR count). The molecule has 1 aliphatic heterocycles. The third-order valence-electron chi connectivity index (χ3n) is 5.29. The van der Waals surface area contributed by atoms with Crippen molar-refractivity contribution >= 4 is 62.6 Å². The van der Waals surface area contributed by atoms with E-state index in [2.05, 4.69) is 41.0 Å². The number of fused-ring (bicyclic) bond motifs is 2. The highest BCUT2D eigenvalue weighted by Crippen LogP contribution is 2.35. The van der Waals surface area contributed by atoms with E-state index in [1.165, 1.54) is 11.8 Å². The van der Waals surface area contributed by atoms with Crippen LogP contribution in [0.4, 0.5) is 5.69 Å². The fourth-order valence-electron chi connectivity index (χ4n) is 3.83. The maximum atomic E-state index is 12.7. The zero-order valence-corrected chi connectivity index (χ0v) is 17.8. The molecule has 148 valence electrons. The van der Waals surface area contributed by atoms with Crippen LogP contribution in [0.5, 0.6) is 0 Å². The molecule has 0 spiro atoms. The van der Waals surface area contributed by atoms with Crippen molar-refractivity contribution in [3.8, 4) is 0 Å². The Bertz CT molecular complexity index is 1280. The number of amides is 1. The Hall–Kier alpha value is -2.95. The van der Waals surface area contributed by atoms with Crippen molar-refractivity contribution in [2.24, 2.45) is 0 Å². The molecule has 0 aliphatic carbocycles. The smallest absolute Gasteiger partial charge is 0.260 e. The Labute approximate surface area is 184 Å². The second-order valence-corrected chi connectivity index (χ2v) is 8.90. The Morgan fingerprint density at radius 1 is 0.967 bits per heavy atom. The second kappa shape index (κ2) is 7.71. The van der Waals surface area contributed by atoms with Gasteiger partial charge in [0.05, 0.1) is 4.91 Å². The van der Waals surface area contributed by atoms with Crippen molar-refractivity contribution < 1.29 is 4.79 Å². The first-order valence-corrected chi connectivity index (χ1v) is 11.0. The van der Waals surface area contributed by atoms with Crippen LogP contribution < -0.4 is 10.6 Å². The molecule has 4 aromatic rings. The molecule has 0 radical (unpaired) electrons. The number of carbonyl (C=O) groups excluding carboxylic acids is 1. The molecule has 5 heteroatoms. The van der Waals surface area contributed by atoms with Gasteiger partial charge in [0.2, 0.25) is 0 Å². The highest BCUT2D eigenvalue weighted by Gasteiger charge is 2.27. The van der Waals surface area contributed by atoms with Gasteiger partial charge in [-0.2, -0.15) is 0 Å². The third kappa shape index (κ3) is 3.53. The second-order valence-electron chi connectivity index (χ2n) is 7.32. The van der Waals surface area contributed by atoms with Crippen molar-refractivity contribution in [3.05, 3.63) is 93.9 Å². The molecular formula is C25H19ClN2OS. The normalized spacial score (nSPS) is 17.6. The highest BCUT2D eigenvalue weighted by atomic mass is 35.5. The summed E-state index contributed by atoms with van der Waals surface area (Å²) in [5.41, 5.74) is 2.83. The van der Waals surface area contributed by atoms with Crippen molar-refractivity contribution in [1.29, 1.82) is 0 Å². The summed E-state index contributed by atoms with van der Waals surface area (Å²) in [4.78, 5) is 13.4. The number of rotatable bonds is 3. The van der Waals surface area contributed by atoms with Crippen LogP contribution in [-0.2, 0) is 4.79 Å². The summed E-state index contributed by atoms with van der Waals surface area (Å²) in [5.74, 6) is -0.0684. The first-order valence-electron chi connectivity index (χ1n) is 9.71.